The molecule has 4 nitrogen and oxygen atoms in total. The average Bonchev–Trinajstić information content (AvgIpc) is 2.92. The van der Waals surface area contributed by atoms with E-state index in [0.717, 1.165) is 32.2 Å². The fourth-order valence-electron chi connectivity index (χ4n) is 2.08. The van der Waals surface area contributed by atoms with Gasteiger partial charge >= 0.3 is 5.97 Å². The zero-order valence-corrected chi connectivity index (χ0v) is 8.82. The highest BCUT2D eigenvalue weighted by Crippen LogP contribution is 2.35. The number of carbonyl (C=O) groups is 2. The molecule has 2 fully saturated rings. The molecule has 0 aromatic carbocycles. The van der Waals surface area contributed by atoms with E-state index >= 15 is 0 Å². The molecular weight excluding hydrogens is 194 g/mol. The molecule has 2 rings (SSSR count). The maximum Gasteiger partial charge on any atom is 0.303 e. The number of nitrogens with zero attached hydrogens (tertiary/aromatic N) is 1. The van der Waals surface area contributed by atoms with Gasteiger partial charge in [-0.1, -0.05) is 0 Å². The summed E-state index contributed by atoms with van der Waals surface area (Å²) in [6.07, 6.45) is 4.92. The zero-order valence-electron chi connectivity index (χ0n) is 8.82. The summed E-state index contributed by atoms with van der Waals surface area (Å²) in [4.78, 5) is 24.0. The van der Waals surface area contributed by atoms with Crippen LogP contribution in [0.5, 0.6) is 0 Å². The minimum Gasteiger partial charge on any atom is -0.481 e. The van der Waals surface area contributed by atoms with E-state index in [-0.39, 0.29) is 6.42 Å². The molecule has 1 heterocycles. The van der Waals surface area contributed by atoms with Gasteiger partial charge in [-0.25, -0.2) is 0 Å². The van der Waals surface area contributed by atoms with E-state index < -0.39 is 5.97 Å². The Morgan fingerprint density at radius 3 is 2.47 bits per heavy atom. The third-order valence-electron chi connectivity index (χ3n) is 3.28. The van der Waals surface area contributed by atoms with E-state index in [2.05, 4.69) is 0 Å². The molecule has 4 heteroatoms. The molecule has 0 aromatic heterocycles. The van der Waals surface area contributed by atoms with Crippen molar-refractivity contribution >= 4 is 11.9 Å². The molecule has 1 atom stereocenters. The molecule has 1 N–H and O–H groups in total. The van der Waals surface area contributed by atoms with E-state index in [9.17, 15) is 9.59 Å². The van der Waals surface area contributed by atoms with Gasteiger partial charge in [0.25, 0.3) is 0 Å². The second kappa shape index (κ2) is 4.21. The van der Waals surface area contributed by atoms with Crippen LogP contribution >= 0.6 is 0 Å². The Kier molecular flexibility index (Phi) is 2.93. The molecular formula is C11H17NO3. The largest absolute Gasteiger partial charge is 0.481 e. The molecule has 1 unspecified atom stereocenters. The van der Waals surface area contributed by atoms with Crippen LogP contribution in [0.25, 0.3) is 0 Å². The van der Waals surface area contributed by atoms with Gasteiger partial charge in [-0.05, 0) is 32.1 Å². The number of rotatable bonds is 5. The van der Waals surface area contributed by atoms with Crippen molar-refractivity contribution in [3.8, 4) is 0 Å². The Labute approximate surface area is 89.3 Å². The lowest BCUT2D eigenvalue weighted by atomic mass is 9.96. The first-order valence-electron chi connectivity index (χ1n) is 5.71. The normalized spacial score (nSPS) is 24.8. The molecule has 0 bridgehead atoms. The molecule has 0 radical (unpaired) electrons. The number of carbonyl (C=O) groups excluding carboxylic acids is 1. The van der Waals surface area contributed by atoms with E-state index in [1.807, 2.05) is 4.90 Å². The summed E-state index contributed by atoms with van der Waals surface area (Å²) in [5, 5.41) is 8.51. The van der Waals surface area contributed by atoms with Crippen LogP contribution in [0.3, 0.4) is 0 Å². The van der Waals surface area contributed by atoms with Gasteiger partial charge in [0.1, 0.15) is 0 Å². The fourth-order valence-corrected chi connectivity index (χ4v) is 2.08. The van der Waals surface area contributed by atoms with Crippen LogP contribution in [0.2, 0.25) is 0 Å². The maximum absolute atomic E-state index is 11.7. The predicted octanol–water partition coefficient (Wildman–Crippen LogP) is 1.25. The molecule has 1 saturated heterocycles. The van der Waals surface area contributed by atoms with Crippen LogP contribution in [0, 0.1) is 5.92 Å². The van der Waals surface area contributed by atoms with Gasteiger partial charge < -0.3 is 10.0 Å². The smallest absolute Gasteiger partial charge is 0.303 e. The Hall–Kier alpha value is -1.06. The van der Waals surface area contributed by atoms with Crippen molar-refractivity contribution in [2.75, 3.05) is 6.54 Å². The van der Waals surface area contributed by atoms with Crippen LogP contribution < -0.4 is 0 Å². The van der Waals surface area contributed by atoms with Crippen LogP contribution in [0.1, 0.15) is 38.5 Å². The second-order valence-corrected chi connectivity index (χ2v) is 4.53. The van der Waals surface area contributed by atoms with Crippen molar-refractivity contribution < 1.29 is 14.7 Å². The third-order valence-corrected chi connectivity index (χ3v) is 3.28. The summed E-state index contributed by atoms with van der Waals surface area (Å²) in [5.74, 6) is -0.136. The highest BCUT2D eigenvalue weighted by Gasteiger charge is 2.39. The molecule has 1 amide bonds. The first-order valence-corrected chi connectivity index (χ1v) is 5.71. The van der Waals surface area contributed by atoms with Gasteiger partial charge in [-0.15, -0.1) is 0 Å². The lowest BCUT2D eigenvalue weighted by molar-refractivity contribution is -0.140. The van der Waals surface area contributed by atoms with Crippen LogP contribution in [0.4, 0.5) is 0 Å². The quantitative estimate of drug-likeness (QED) is 0.744. The first kappa shape index (κ1) is 10.5. The monoisotopic (exact) mass is 211 g/mol. The van der Waals surface area contributed by atoms with Crippen molar-refractivity contribution in [1.82, 2.24) is 4.90 Å². The number of aliphatic carboxylic acids is 1. The SMILES string of the molecule is O=C(O)CCCC1CCN1C(=O)C1CC1. The molecule has 0 aromatic rings. The lowest BCUT2D eigenvalue weighted by Gasteiger charge is -2.41. The summed E-state index contributed by atoms with van der Waals surface area (Å²) < 4.78 is 0. The number of amides is 1. The Morgan fingerprint density at radius 1 is 1.27 bits per heavy atom. The summed E-state index contributed by atoms with van der Waals surface area (Å²) >= 11 is 0. The van der Waals surface area contributed by atoms with Gasteiger partial charge in [0.2, 0.25) is 5.91 Å². The molecule has 1 aliphatic heterocycles. The summed E-state index contributed by atoms with van der Waals surface area (Å²) in [6.45, 7) is 0.882. The number of carboxylic acid groups (broad SMARTS) is 1. The number of hydrogen-bond donors (Lipinski definition) is 1. The number of hydrogen-bond acceptors (Lipinski definition) is 2. The first-order chi connectivity index (χ1) is 7.18. The number of carboxylic acids is 1. The highest BCUT2D eigenvalue weighted by molar-refractivity contribution is 5.82. The van der Waals surface area contributed by atoms with E-state index in [1.54, 1.807) is 0 Å². The topological polar surface area (TPSA) is 57.6 Å². The molecule has 0 spiro atoms. The summed E-state index contributed by atoms with van der Waals surface area (Å²) in [6, 6.07) is 0.331. The minimum atomic E-state index is -0.741. The molecule has 1 saturated carbocycles. The van der Waals surface area contributed by atoms with E-state index in [4.69, 9.17) is 5.11 Å². The number of likely N-dealkylation sites (tertiary alicyclic amines) is 1. The Bertz CT molecular complexity index is 273. The molecule has 15 heavy (non-hydrogen) atoms. The molecule has 2 aliphatic rings. The Morgan fingerprint density at radius 2 is 2.00 bits per heavy atom. The highest BCUT2D eigenvalue weighted by atomic mass is 16.4. The molecule has 1 aliphatic carbocycles. The average molecular weight is 211 g/mol. The van der Waals surface area contributed by atoms with E-state index in [1.165, 1.54) is 0 Å². The van der Waals surface area contributed by atoms with Gasteiger partial charge in [-0.3, -0.25) is 9.59 Å². The van der Waals surface area contributed by atoms with Crippen LogP contribution in [-0.4, -0.2) is 34.5 Å². The van der Waals surface area contributed by atoms with Gasteiger partial charge in [-0.2, -0.15) is 0 Å². The molecule has 84 valence electrons. The van der Waals surface area contributed by atoms with Crippen molar-refractivity contribution in [3.63, 3.8) is 0 Å². The maximum atomic E-state index is 11.7. The predicted molar refractivity (Wildman–Crippen MR) is 54.3 cm³/mol. The van der Waals surface area contributed by atoms with Gasteiger partial charge in [0.05, 0.1) is 0 Å². The Balaban J connectivity index is 1.69. The standard InChI is InChI=1S/C11H17NO3/c13-10(14)3-1-2-9-6-7-12(9)11(15)8-4-5-8/h8-9H,1-7H2,(H,13,14). The van der Waals surface area contributed by atoms with Crippen molar-refractivity contribution in [3.05, 3.63) is 0 Å². The fraction of sp³-hybridized carbons (Fsp3) is 0.818. The van der Waals surface area contributed by atoms with Crippen LogP contribution in [-0.2, 0) is 9.59 Å². The van der Waals surface area contributed by atoms with Gasteiger partial charge in [0, 0.05) is 24.9 Å². The van der Waals surface area contributed by atoms with Gasteiger partial charge in [0.15, 0.2) is 0 Å². The third kappa shape index (κ3) is 2.49. The summed E-state index contributed by atoms with van der Waals surface area (Å²) in [7, 11) is 0. The second-order valence-electron chi connectivity index (χ2n) is 4.53. The van der Waals surface area contributed by atoms with Crippen molar-refractivity contribution in [2.45, 2.75) is 44.6 Å². The van der Waals surface area contributed by atoms with E-state index in [0.29, 0.717) is 24.3 Å². The lowest BCUT2D eigenvalue weighted by Crippen LogP contribution is -2.51. The van der Waals surface area contributed by atoms with Crippen molar-refractivity contribution in [2.24, 2.45) is 5.92 Å². The van der Waals surface area contributed by atoms with Crippen molar-refractivity contribution in [1.29, 1.82) is 0 Å². The summed E-state index contributed by atoms with van der Waals surface area (Å²) in [5.41, 5.74) is 0. The van der Waals surface area contributed by atoms with Crippen LogP contribution in [0.15, 0.2) is 0 Å². The zero-order chi connectivity index (χ0) is 10.8. The minimum absolute atomic E-state index is 0.224.